The van der Waals surface area contributed by atoms with Crippen LogP contribution in [0.3, 0.4) is 0 Å². The lowest BCUT2D eigenvalue weighted by Crippen LogP contribution is -2.37. The van der Waals surface area contributed by atoms with Gasteiger partial charge in [-0.2, -0.15) is 0 Å². The van der Waals surface area contributed by atoms with Crippen molar-refractivity contribution in [3.05, 3.63) is 65.0 Å². The number of amides is 1. The van der Waals surface area contributed by atoms with Crippen molar-refractivity contribution in [1.29, 1.82) is 0 Å². The standard InChI is InChI=1S/C24H33FN4O3.HI/c1-24(2,3)32-23(30)29-20-9-6-17(7-10-20)12-13-27-22(26-4)28-15-18-8-11-21(25)19(14-18)16-31-5;/h6-11,14H,12-13,15-16H2,1-5H3,(H,29,30)(H2,26,27,28);1H. The van der Waals surface area contributed by atoms with E-state index in [0.29, 0.717) is 30.3 Å². The number of nitrogens with zero attached hydrogens (tertiary/aromatic N) is 1. The van der Waals surface area contributed by atoms with Crippen molar-refractivity contribution in [3.63, 3.8) is 0 Å². The Morgan fingerprint density at radius 2 is 1.73 bits per heavy atom. The number of hydrogen-bond donors (Lipinski definition) is 3. The van der Waals surface area contributed by atoms with Gasteiger partial charge in [0.1, 0.15) is 11.4 Å². The number of benzene rings is 2. The first-order chi connectivity index (χ1) is 15.2. The Hall–Kier alpha value is -2.40. The first-order valence-corrected chi connectivity index (χ1v) is 10.5. The first kappa shape index (κ1) is 28.6. The molecular formula is C24H34FIN4O3. The predicted octanol–water partition coefficient (Wildman–Crippen LogP) is 4.84. The van der Waals surface area contributed by atoms with Crippen molar-refractivity contribution in [2.24, 2.45) is 4.99 Å². The summed E-state index contributed by atoms with van der Waals surface area (Å²) >= 11 is 0. The molecule has 0 heterocycles. The highest BCUT2D eigenvalue weighted by Crippen LogP contribution is 2.14. The maximum atomic E-state index is 13.7. The van der Waals surface area contributed by atoms with Crippen LogP contribution in [0.5, 0.6) is 0 Å². The number of nitrogens with one attached hydrogen (secondary N) is 3. The van der Waals surface area contributed by atoms with Crippen LogP contribution in [0.15, 0.2) is 47.5 Å². The molecule has 7 nitrogen and oxygen atoms in total. The zero-order chi connectivity index (χ0) is 23.6. The summed E-state index contributed by atoms with van der Waals surface area (Å²) in [6.07, 6.45) is 0.305. The highest BCUT2D eigenvalue weighted by molar-refractivity contribution is 14.0. The summed E-state index contributed by atoms with van der Waals surface area (Å²) in [5.74, 6) is 0.385. The molecule has 0 aliphatic heterocycles. The number of methoxy groups -OCH3 is 1. The SMILES string of the molecule is CN=C(NCCc1ccc(NC(=O)OC(C)(C)C)cc1)NCc1ccc(F)c(COC)c1.I. The van der Waals surface area contributed by atoms with Crippen molar-refractivity contribution >= 4 is 41.7 Å². The van der Waals surface area contributed by atoms with Crippen LogP contribution in [-0.4, -0.2) is 38.4 Å². The molecule has 0 aromatic heterocycles. The van der Waals surface area contributed by atoms with E-state index < -0.39 is 11.7 Å². The lowest BCUT2D eigenvalue weighted by molar-refractivity contribution is 0.0636. The average molecular weight is 572 g/mol. The summed E-state index contributed by atoms with van der Waals surface area (Å²) in [5.41, 5.74) is 2.73. The summed E-state index contributed by atoms with van der Waals surface area (Å²) in [4.78, 5) is 16.1. The minimum Gasteiger partial charge on any atom is -0.444 e. The summed E-state index contributed by atoms with van der Waals surface area (Å²) < 4.78 is 24.0. The van der Waals surface area contributed by atoms with Crippen molar-refractivity contribution in [1.82, 2.24) is 10.6 Å². The molecule has 33 heavy (non-hydrogen) atoms. The van der Waals surface area contributed by atoms with Gasteiger partial charge in [-0.1, -0.05) is 18.2 Å². The molecule has 0 spiro atoms. The highest BCUT2D eigenvalue weighted by Gasteiger charge is 2.16. The van der Waals surface area contributed by atoms with Gasteiger partial charge in [0.25, 0.3) is 0 Å². The zero-order valence-corrected chi connectivity index (χ0v) is 22.2. The topological polar surface area (TPSA) is 84.0 Å². The van der Waals surface area contributed by atoms with Gasteiger partial charge >= 0.3 is 6.09 Å². The van der Waals surface area contributed by atoms with Gasteiger partial charge < -0.3 is 20.1 Å². The fourth-order valence-electron chi connectivity index (χ4n) is 2.91. The molecule has 0 radical (unpaired) electrons. The minimum absolute atomic E-state index is 0. The van der Waals surface area contributed by atoms with Crippen molar-refractivity contribution < 1.29 is 18.7 Å². The second-order valence-electron chi connectivity index (χ2n) is 8.29. The minimum atomic E-state index is -0.537. The van der Waals surface area contributed by atoms with E-state index in [4.69, 9.17) is 9.47 Å². The van der Waals surface area contributed by atoms with E-state index in [1.807, 2.05) is 45.0 Å². The van der Waals surface area contributed by atoms with Crippen LogP contribution in [0.2, 0.25) is 0 Å². The van der Waals surface area contributed by atoms with Gasteiger partial charge in [-0.3, -0.25) is 10.3 Å². The molecular weight excluding hydrogens is 538 g/mol. The lowest BCUT2D eigenvalue weighted by Gasteiger charge is -2.19. The number of carbonyl (C=O) groups is 1. The molecule has 182 valence electrons. The van der Waals surface area contributed by atoms with Crippen molar-refractivity contribution in [3.8, 4) is 0 Å². The largest absolute Gasteiger partial charge is 0.444 e. The second-order valence-corrected chi connectivity index (χ2v) is 8.29. The molecule has 0 fully saturated rings. The Morgan fingerprint density at radius 3 is 2.33 bits per heavy atom. The Bertz CT molecular complexity index is 915. The van der Waals surface area contributed by atoms with E-state index in [-0.39, 0.29) is 36.4 Å². The van der Waals surface area contributed by atoms with Gasteiger partial charge in [0.05, 0.1) is 6.61 Å². The fraction of sp³-hybridized carbons (Fsp3) is 0.417. The molecule has 3 N–H and O–H groups in total. The number of aliphatic imine (C=N–C) groups is 1. The number of guanidine groups is 1. The van der Waals surface area contributed by atoms with Crippen LogP contribution in [-0.2, 0) is 29.0 Å². The zero-order valence-electron chi connectivity index (χ0n) is 19.8. The third-order valence-corrected chi connectivity index (χ3v) is 4.40. The van der Waals surface area contributed by atoms with Gasteiger partial charge in [-0.05, 0) is 62.6 Å². The van der Waals surface area contributed by atoms with Gasteiger partial charge in [0.15, 0.2) is 5.96 Å². The molecule has 0 unspecified atom stereocenters. The molecule has 2 aromatic rings. The summed E-state index contributed by atoms with van der Waals surface area (Å²) in [5, 5.41) is 9.21. The molecule has 0 atom stereocenters. The molecule has 2 aromatic carbocycles. The Kier molecular flexibility index (Phi) is 12.1. The second kappa shape index (κ2) is 14.0. The highest BCUT2D eigenvalue weighted by atomic mass is 127. The lowest BCUT2D eigenvalue weighted by atomic mass is 10.1. The molecule has 0 aliphatic rings. The van der Waals surface area contributed by atoms with Crippen LogP contribution in [0.25, 0.3) is 0 Å². The first-order valence-electron chi connectivity index (χ1n) is 10.5. The molecule has 0 saturated heterocycles. The van der Waals surface area contributed by atoms with E-state index in [1.54, 1.807) is 26.3 Å². The van der Waals surface area contributed by atoms with E-state index in [0.717, 1.165) is 17.5 Å². The molecule has 9 heteroatoms. The number of halogens is 2. The van der Waals surface area contributed by atoms with Gasteiger partial charge in [-0.25, -0.2) is 9.18 Å². The third kappa shape index (κ3) is 10.8. The Morgan fingerprint density at radius 1 is 1.06 bits per heavy atom. The molecule has 2 rings (SSSR count). The summed E-state index contributed by atoms with van der Waals surface area (Å²) in [7, 11) is 3.24. The van der Waals surface area contributed by atoms with Crippen molar-refractivity contribution in [2.75, 3.05) is 26.0 Å². The van der Waals surface area contributed by atoms with Crippen molar-refractivity contribution in [2.45, 2.75) is 45.9 Å². The quantitative estimate of drug-likeness (QED) is 0.240. The van der Waals surface area contributed by atoms with Gasteiger partial charge in [0, 0.05) is 38.5 Å². The van der Waals surface area contributed by atoms with Gasteiger partial charge in [-0.15, -0.1) is 24.0 Å². The smallest absolute Gasteiger partial charge is 0.412 e. The molecule has 0 saturated carbocycles. The number of ether oxygens (including phenoxy) is 2. The normalized spacial score (nSPS) is 11.4. The van der Waals surface area contributed by atoms with Crippen LogP contribution < -0.4 is 16.0 Å². The van der Waals surface area contributed by atoms with Gasteiger partial charge in [0.2, 0.25) is 0 Å². The molecule has 0 aliphatic carbocycles. The maximum Gasteiger partial charge on any atom is 0.412 e. The third-order valence-electron chi connectivity index (χ3n) is 4.40. The van der Waals surface area contributed by atoms with E-state index in [2.05, 4.69) is 20.9 Å². The summed E-state index contributed by atoms with van der Waals surface area (Å²) in [6.45, 7) is 6.90. The maximum absolute atomic E-state index is 13.7. The van der Waals surface area contributed by atoms with Crippen LogP contribution in [0.1, 0.15) is 37.5 Å². The monoisotopic (exact) mass is 572 g/mol. The Labute approximate surface area is 212 Å². The average Bonchev–Trinajstić information content (AvgIpc) is 2.72. The number of rotatable bonds is 8. The number of carbonyl (C=O) groups excluding carboxylic acids is 1. The molecule has 0 bridgehead atoms. The van der Waals surface area contributed by atoms with Crippen LogP contribution >= 0.6 is 24.0 Å². The van der Waals surface area contributed by atoms with E-state index >= 15 is 0 Å². The van der Waals surface area contributed by atoms with Crippen LogP contribution in [0.4, 0.5) is 14.9 Å². The predicted molar refractivity (Wildman–Crippen MR) is 141 cm³/mol. The number of hydrogen-bond acceptors (Lipinski definition) is 4. The number of anilines is 1. The fourth-order valence-corrected chi connectivity index (χ4v) is 2.91. The molecule has 1 amide bonds. The van der Waals surface area contributed by atoms with Crippen LogP contribution in [0, 0.1) is 5.82 Å². The Balaban J connectivity index is 0.00000544. The van der Waals surface area contributed by atoms with E-state index in [9.17, 15) is 9.18 Å². The van der Waals surface area contributed by atoms with E-state index in [1.165, 1.54) is 6.07 Å². The summed E-state index contributed by atoms with van der Waals surface area (Å²) in [6, 6.07) is 12.6.